The van der Waals surface area contributed by atoms with Crippen molar-refractivity contribution in [3.63, 3.8) is 0 Å². The zero-order valence-corrected chi connectivity index (χ0v) is 11.6. The second kappa shape index (κ2) is 5.92. The van der Waals surface area contributed by atoms with Crippen LogP contribution in [0.2, 0.25) is 0 Å². The van der Waals surface area contributed by atoms with Crippen molar-refractivity contribution in [3.8, 4) is 0 Å². The maximum absolute atomic E-state index is 12.5. The van der Waals surface area contributed by atoms with Crippen LogP contribution in [0.25, 0.3) is 0 Å². The molecule has 1 unspecified atom stereocenters. The molecule has 0 bridgehead atoms. The number of benzene rings is 1. The van der Waals surface area contributed by atoms with Crippen LogP contribution in [0.1, 0.15) is 16.8 Å². The molecule has 1 aromatic carbocycles. The van der Waals surface area contributed by atoms with Gasteiger partial charge < -0.3 is 19.6 Å². The van der Waals surface area contributed by atoms with Crippen LogP contribution in [0, 0.1) is 0 Å². The van der Waals surface area contributed by atoms with Crippen LogP contribution in [0.5, 0.6) is 0 Å². The number of para-hydroxylation sites is 1. The van der Waals surface area contributed by atoms with E-state index in [0.29, 0.717) is 5.56 Å². The second-order valence-electron chi connectivity index (χ2n) is 4.61. The number of carbonyl (C=O) groups is 2. The summed E-state index contributed by atoms with van der Waals surface area (Å²) in [6.07, 6.45) is -0.385. The van der Waals surface area contributed by atoms with Crippen molar-refractivity contribution in [2.24, 2.45) is 0 Å². The number of amides is 1. The number of carbonyl (C=O) groups excluding carboxylic acids is 2. The molecular weight excluding hydrogens is 260 g/mol. The van der Waals surface area contributed by atoms with Crippen molar-refractivity contribution in [1.29, 1.82) is 0 Å². The summed E-state index contributed by atoms with van der Waals surface area (Å²) in [5.41, 5.74) is 1.35. The normalized spacial score (nSPS) is 17.9. The van der Waals surface area contributed by atoms with Gasteiger partial charge >= 0.3 is 5.97 Å². The molecule has 1 N–H and O–H groups in total. The molecular formula is C14H18N2O4. The molecule has 0 spiro atoms. The molecule has 1 aliphatic heterocycles. The van der Waals surface area contributed by atoms with E-state index in [2.05, 4.69) is 4.74 Å². The van der Waals surface area contributed by atoms with Gasteiger partial charge in [0.25, 0.3) is 5.91 Å². The Balaban J connectivity index is 2.39. The number of aliphatic hydroxyl groups excluding tert-OH is 1. The second-order valence-corrected chi connectivity index (χ2v) is 4.61. The van der Waals surface area contributed by atoms with Gasteiger partial charge in [0.05, 0.1) is 31.4 Å². The van der Waals surface area contributed by atoms with Crippen LogP contribution in [0.3, 0.4) is 0 Å². The highest BCUT2D eigenvalue weighted by Gasteiger charge is 2.36. The van der Waals surface area contributed by atoms with E-state index in [4.69, 9.17) is 5.11 Å². The number of anilines is 1. The number of β-amino-alcohol motifs (C(OH)–C–C–N with tert-alkyl or cyclic N) is 1. The molecule has 108 valence electrons. The number of esters is 1. The fourth-order valence-electron chi connectivity index (χ4n) is 2.46. The molecule has 0 fully saturated rings. The maximum atomic E-state index is 12.5. The summed E-state index contributed by atoms with van der Waals surface area (Å²) in [7, 11) is 3.14. The van der Waals surface area contributed by atoms with Crippen molar-refractivity contribution < 1.29 is 19.4 Å². The number of rotatable bonds is 4. The zero-order valence-electron chi connectivity index (χ0n) is 11.6. The lowest BCUT2D eigenvalue weighted by atomic mass is 10.0. The van der Waals surface area contributed by atoms with E-state index in [9.17, 15) is 9.59 Å². The summed E-state index contributed by atoms with van der Waals surface area (Å²) in [6.45, 7) is 0.0264. The fourth-order valence-corrected chi connectivity index (χ4v) is 2.46. The first-order valence-corrected chi connectivity index (χ1v) is 6.40. The van der Waals surface area contributed by atoms with Gasteiger partial charge in [-0.2, -0.15) is 0 Å². The van der Waals surface area contributed by atoms with Gasteiger partial charge in [0.1, 0.15) is 6.17 Å². The van der Waals surface area contributed by atoms with Gasteiger partial charge in [-0.3, -0.25) is 9.59 Å². The predicted octanol–water partition coefficient (Wildman–Crippen LogP) is 0.460. The summed E-state index contributed by atoms with van der Waals surface area (Å²) in [5.74, 6) is -0.571. The van der Waals surface area contributed by atoms with Crippen molar-refractivity contribution in [1.82, 2.24) is 4.90 Å². The number of methoxy groups -OCH3 is 1. The van der Waals surface area contributed by atoms with E-state index < -0.39 is 12.1 Å². The molecule has 0 aliphatic carbocycles. The molecule has 0 radical (unpaired) electrons. The van der Waals surface area contributed by atoms with Gasteiger partial charge in [0.15, 0.2) is 0 Å². The summed E-state index contributed by atoms with van der Waals surface area (Å²) in [5, 5.41) is 9.15. The van der Waals surface area contributed by atoms with E-state index in [0.717, 1.165) is 5.69 Å². The van der Waals surface area contributed by atoms with E-state index >= 15 is 0 Å². The van der Waals surface area contributed by atoms with E-state index in [1.165, 1.54) is 12.0 Å². The lowest BCUT2D eigenvalue weighted by Gasteiger charge is -2.43. The SMILES string of the molecule is COC(=O)CC1N(CCO)C(=O)c2ccccc2N1C. The maximum Gasteiger partial charge on any atom is 0.309 e. The average molecular weight is 278 g/mol. The van der Waals surface area contributed by atoms with Gasteiger partial charge in [-0.05, 0) is 12.1 Å². The molecule has 0 saturated heterocycles. The molecule has 6 heteroatoms. The Morgan fingerprint density at radius 2 is 2.10 bits per heavy atom. The number of nitrogens with zero attached hydrogens (tertiary/aromatic N) is 2. The number of ether oxygens (including phenoxy) is 1. The third-order valence-corrected chi connectivity index (χ3v) is 3.50. The smallest absolute Gasteiger partial charge is 0.309 e. The standard InChI is InChI=1S/C14H18N2O4/c1-15-11-6-4-3-5-10(11)14(19)16(7-8-17)12(15)9-13(18)20-2/h3-6,12,17H,7-9H2,1-2H3. The Morgan fingerprint density at radius 3 is 2.75 bits per heavy atom. The van der Waals surface area contributed by atoms with Crippen LogP contribution in [0.15, 0.2) is 24.3 Å². The molecule has 0 saturated carbocycles. The Bertz CT molecular complexity index is 518. The minimum absolute atomic E-state index is 0.0626. The van der Waals surface area contributed by atoms with E-state index in [-0.39, 0.29) is 25.5 Å². The Labute approximate surface area is 117 Å². The largest absolute Gasteiger partial charge is 0.469 e. The zero-order chi connectivity index (χ0) is 14.7. The molecule has 1 aromatic rings. The van der Waals surface area contributed by atoms with Crippen molar-refractivity contribution in [2.75, 3.05) is 32.2 Å². The Morgan fingerprint density at radius 1 is 1.40 bits per heavy atom. The highest BCUT2D eigenvalue weighted by Crippen LogP contribution is 2.30. The number of fused-ring (bicyclic) bond motifs is 1. The molecule has 2 rings (SSSR count). The number of hydrogen-bond donors (Lipinski definition) is 1. The van der Waals surface area contributed by atoms with Gasteiger partial charge in [-0.15, -0.1) is 0 Å². The predicted molar refractivity (Wildman–Crippen MR) is 73.4 cm³/mol. The third-order valence-electron chi connectivity index (χ3n) is 3.50. The van der Waals surface area contributed by atoms with Crippen LogP contribution >= 0.6 is 0 Å². The van der Waals surface area contributed by atoms with E-state index in [1.807, 2.05) is 24.1 Å². The Hall–Kier alpha value is -2.08. The minimum atomic E-state index is -0.447. The lowest BCUT2D eigenvalue weighted by molar-refractivity contribution is -0.141. The molecule has 1 aliphatic rings. The third kappa shape index (κ3) is 2.46. The van der Waals surface area contributed by atoms with Gasteiger partial charge in [0, 0.05) is 13.6 Å². The highest BCUT2D eigenvalue weighted by atomic mass is 16.5. The summed E-state index contributed by atoms with van der Waals surface area (Å²) < 4.78 is 4.68. The fraction of sp³-hybridized carbons (Fsp3) is 0.429. The highest BCUT2D eigenvalue weighted by molar-refractivity contribution is 6.02. The molecule has 1 atom stereocenters. The van der Waals surface area contributed by atoms with Gasteiger partial charge in [-0.1, -0.05) is 12.1 Å². The minimum Gasteiger partial charge on any atom is -0.469 e. The van der Waals surface area contributed by atoms with E-state index in [1.54, 1.807) is 12.1 Å². The number of hydrogen-bond acceptors (Lipinski definition) is 5. The topological polar surface area (TPSA) is 70.1 Å². The van der Waals surface area contributed by atoms with Crippen molar-refractivity contribution >= 4 is 17.6 Å². The lowest BCUT2D eigenvalue weighted by Crippen LogP contribution is -2.55. The van der Waals surface area contributed by atoms with Gasteiger partial charge in [0.2, 0.25) is 0 Å². The molecule has 1 amide bonds. The van der Waals surface area contributed by atoms with Crippen LogP contribution in [0.4, 0.5) is 5.69 Å². The molecule has 6 nitrogen and oxygen atoms in total. The van der Waals surface area contributed by atoms with Crippen LogP contribution < -0.4 is 4.90 Å². The van der Waals surface area contributed by atoms with Crippen LogP contribution in [-0.4, -0.2) is 55.4 Å². The summed E-state index contributed by atoms with van der Waals surface area (Å²) >= 11 is 0. The average Bonchev–Trinajstić information content (AvgIpc) is 2.48. The van der Waals surface area contributed by atoms with Gasteiger partial charge in [-0.25, -0.2) is 0 Å². The monoisotopic (exact) mass is 278 g/mol. The molecule has 1 heterocycles. The number of aliphatic hydroxyl groups is 1. The summed E-state index contributed by atoms with van der Waals surface area (Å²) in [6, 6.07) is 7.22. The molecule has 0 aromatic heterocycles. The first kappa shape index (κ1) is 14.3. The first-order valence-electron chi connectivity index (χ1n) is 6.40. The van der Waals surface area contributed by atoms with Crippen molar-refractivity contribution in [2.45, 2.75) is 12.6 Å². The van der Waals surface area contributed by atoms with Crippen LogP contribution in [-0.2, 0) is 9.53 Å². The van der Waals surface area contributed by atoms with Crippen molar-refractivity contribution in [3.05, 3.63) is 29.8 Å². The Kier molecular flexibility index (Phi) is 4.24. The quantitative estimate of drug-likeness (QED) is 0.810. The molecule has 20 heavy (non-hydrogen) atoms. The first-order chi connectivity index (χ1) is 9.60. The summed E-state index contributed by atoms with van der Waals surface area (Å²) in [4.78, 5) is 27.4.